The third-order valence-corrected chi connectivity index (χ3v) is 3.08. The first-order valence-corrected chi connectivity index (χ1v) is 4.99. The Bertz CT molecular complexity index is 363. The molecule has 1 aromatic rings. The van der Waals surface area contributed by atoms with Crippen molar-refractivity contribution in [2.24, 2.45) is 10.9 Å². The lowest BCUT2D eigenvalue weighted by atomic mass is 10.1. The standard InChI is InChI=1S/C9H9FN2S/c10-6-1-2-9-7(5-6)8(12-11)3-4-13-9/h1-2,5H,3-4,11H2/b12-8-. The monoisotopic (exact) mass is 196 g/mol. The Morgan fingerprint density at radius 2 is 2.31 bits per heavy atom. The van der Waals surface area contributed by atoms with E-state index in [1.165, 1.54) is 12.1 Å². The van der Waals surface area contributed by atoms with E-state index in [0.717, 1.165) is 28.3 Å². The number of thioether (sulfide) groups is 1. The van der Waals surface area contributed by atoms with Crippen molar-refractivity contribution < 1.29 is 4.39 Å². The third-order valence-electron chi connectivity index (χ3n) is 2.00. The van der Waals surface area contributed by atoms with Gasteiger partial charge in [0.05, 0.1) is 5.71 Å². The van der Waals surface area contributed by atoms with Crippen LogP contribution in [0.2, 0.25) is 0 Å². The molecular formula is C9H9FN2S. The second-order valence-electron chi connectivity index (χ2n) is 2.81. The highest BCUT2D eigenvalue weighted by Gasteiger charge is 2.16. The highest BCUT2D eigenvalue weighted by molar-refractivity contribution is 7.99. The van der Waals surface area contributed by atoms with Gasteiger partial charge in [-0.2, -0.15) is 5.10 Å². The van der Waals surface area contributed by atoms with E-state index in [-0.39, 0.29) is 5.82 Å². The first-order chi connectivity index (χ1) is 6.31. The van der Waals surface area contributed by atoms with E-state index in [9.17, 15) is 4.39 Å². The van der Waals surface area contributed by atoms with Crippen molar-refractivity contribution in [3.8, 4) is 0 Å². The molecule has 1 aromatic carbocycles. The number of rotatable bonds is 0. The van der Waals surface area contributed by atoms with Gasteiger partial charge in [0.15, 0.2) is 0 Å². The molecule has 0 aliphatic carbocycles. The maximum atomic E-state index is 12.9. The van der Waals surface area contributed by atoms with Gasteiger partial charge in [0, 0.05) is 22.6 Å². The van der Waals surface area contributed by atoms with Gasteiger partial charge in [-0.05, 0) is 18.2 Å². The SMILES string of the molecule is N/N=C1/CCSc2ccc(F)cc21. The molecule has 2 N–H and O–H groups in total. The number of halogens is 1. The van der Waals surface area contributed by atoms with Crippen molar-refractivity contribution in [1.82, 2.24) is 0 Å². The van der Waals surface area contributed by atoms with E-state index in [4.69, 9.17) is 5.84 Å². The molecule has 13 heavy (non-hydrogen) atoms. The van der Waals surface area contributed by atoms with E-state index < -0.39 is 0 Å². The average Bonchev–Trinajstić information content (AvgIpc) is 2.17. The van der Waals surface area contributed by atoms with Crippen LogP contribution in [0.5, 0.6) is 0 Å². The first-order valence-electron chi connectivity index (χ1n) is 4.01. The van der Waals surface area contributed by atoms with Crippen LogP contribution in [0.1, 0.15) is 12.0 Å². The van der Waals surface area contributed by atoms with E-state index in [1.807, 2.05) is 0 Å². The molecule has 4 heteroatoms. The fourth-order valence-corrected chi connectivity index (χ4v) is 2.39. The maximum Gasteiger partial charge on any atom is 0.123 e. The molecular weight excluding hydrogens is 187 g/mol. The highest BCUT2D eigenvalue weighted by Crippen LogP contribution is 2.30. The second-order valence-corrected chi connectivity index (χ2v) is 3.95. The Kier molecular flexibility index (Phi) is 2.22. The number of fused-ring (bicyclic) bond motifs is 1. The molecule has 0 aromatic heterocycles. The van der Waals surface area contributed by atoms with E-state index >= 15 is 0 Å². The van der Waals surface area contributed by atoms with Gasteiger partial charge in [0.1, 0.15) is 5.82 Å². The molecule has 0 bridgehead atoms. The zero-order valence-electron chi connectivity index (χ0n) is 6.96. The Morgan fingerprint density at radius 1 is 1.46 bits per heavy atom. The quantitative estimate of drug-likeness (QED) is 0.509. The minimum atomic E-state index is -0.234. The molecule has 0 spiro atoms. The molecule has 1 aliphatic heterocycles. The van der Waals surface area contributed by atoms with Crippen LogP contribution in [0.15, 0.2) is 28.2 Å². The third kappa shape index (κ3) is 1.54. The smallest absolute Gasteiger partial charge is 0.123 e. The van der Waals surface area contributed by atoms with Crippen LogP contribution in [0, 0.1) is 5.82 Å². The molecule has 2 rings (SSSR count). The molecule has 0 amide bonds. The maximum absolute atomic E-state index is 12.9. The summed E-state index contributed by atoms with van der Waals surface area (Å²) in [5.74, 6) is 5.96. The zero-order valence-corrected chi connectivity index (χ0v) is 7.77. The predicted octanol–water partition coefficient (Wildman–Crippen LogP) is 1.98. The van der Waals surface area contributed by atoms with Crippen molar-refractivity contribution in [2.75, 3.05) is 5.75 Å². The Hall–Kier alpha value is -1.03. The largest absolute Gasteiger partial charge is 0.323 e. The summed E-state index contributed by atoms with van der Waals surface area (Å²) in [4.78, 5) is 1.07. The minimum absolute atomic E-state index is 0.234. The predicted molar refractivity (Wildman–Crippen MR) is 52.5 cm³/mol. The number of nitrogens with zero attached hydrogens (tertiary/aromatic N) is 1. The molecule has 1 heterocycles. The van der Waals surface area contributed by atoms with Gasteiger partial charge >= 0.3 is 0 Å². The van der Waals surface area contributed by atoms with Gasteiger partial charge in [-0.1, -0.05) is 0 Å². The lowest BCUT2D eigenvalue weighted by molar-refractivity contribution is 0.626. The summed E-state index contributed by atoms with van der Waals surface area (Å²) < 4.78 is 12.9. The van der Waals surface area contributed by atoms with Crippen molar-refractivity contribution in [3.63, 3.8) is 0 Å². The van der Waals surface area contributed by atoms with Crippen molar-refractivity contribution in [2.45, 2.75) is 11.3 Å². The van der Waals surface area contributed by atoms with Crippen molar-refractivity contribution in [3.05, 3.63) is 29.6 Å². The lowest BCUT2D eigenvalue weighted by Gasteiger charge is -2.16. The zero-order chi connectivity index (χ0) is 9.26. The minimum Gasteiger partial charge on any atom is -0.323 e. The first kappa shape index (κ1) is 8.56. The van der Waals surface area contributed by atoms with E-state index in [2.05, 4.69) is 5.10 Å². The van der Waals surface area contributed by atoms with Crippen LogP contribution in [-0.4, -0.2) is 11.5 Å². The normalized spacial score (nSPS) is 18.7. The molecule has 2 nitrogen and oxygen atoms in total. The molecule has 0 atom stereocenters. The Morgan fingerprint density at radius 3 is 3.08 bits per heavy atom. The van der Waals surface area contributed by atoms with Crippen LogP contribution in [0.3, 0.4) is 0 Å². The van der Waals surface area contributed by atoms with Gasteiger partial charge in [-0.3, -0.25) is 0 Å². The van der Waals surface area contributed by atoms with Gasteiger partial charge in [-0.15, -0.1) is 11.8 Å². The van der Waals surface area contributed by atoms with E-state index in [0.29, 0.717) is 0 Å². The Labute approximate surface area is 80.0 Å². The van der Waals surface area contributed by atoms with Gasteiger partial charge in [-0.25, -0.2) is 4.39 Å². The lowest BCUT2D eigenvalue weighted by Crippen LogP contribution is -2.11. The topological polar surface area (TPSA) is 38.4 Å². The summed E-state index contributed by atoms with van der Waals surface area (Å²) in [6.45, 7) is 0. The number of hydrazone groups is 1. The number of benzene rings is 1. The molecule has 0 fully saturated rings. The molecule has 0 saturated carbocycles. The summed E-state index contributed by atoms with van der Waals surface area (Å²) in [5.41, 5.74) is 1.65. The van der Waals surface area contributed by atoms with Crippen molar-refractivity contribution >= 4 is 17.5 Å². The number of hydrogen-bond donors (Lipinski definition) is 1. The van der Waals surface area contributed by atoms with Crippen LogP contribution in [0.25, 0.3) is 0 Å². The van der Waals surface area contributed by atoms with Gasteiger partial charge < -0.3 is 5.84 Å². The molecule has 1 aliphatic rings. The van der Waals surface area contributed by atoms with Crippen LogP contribution < -0.4 is 5.84 Å². The molecule has 68 valence electrons. The van der Waals surface area contributed by atoms with Crippen molar-refractivity contribution in [1.29, 1.82) is 0 Å². The number of nitrogens with two attached hydrogens (primary N) is 1. The summed E-state index contributed by atoms with van der Waals surface area (Å²) in [6.07, 6.45) is 0.817. The van der Waals surface area contributed by atoms with Crippen LogP contribution >= 0.6 is 11.8 Å². The van der Waals surface area contributed by atoms with E-state index in [1.54, 1.807) is 17.8 Å². The summed E-state index contributed by atoms with van der Waals surface area (Å²) >= 11 is 1.71. The summed E-state index contributed by atoms with van der Waals surface area (Å²) in [6, 6.07) is 4.73. The fraction of sp³-hybridized carbons (Fsp3) is 0.222. The Balaban J connectivity index is 2.54. The summed E-state index contributed by atoms with van der Waals surface area (Å²) in [7, 11) is 0. The molecule has 0 radical (unpaired) electrons. The summed E-state index contributed by atoms with van der Waals surface area (Å²) in [5, 5.41) is 3.67. The molecule has 0 unspecified atom stereocenters. The van der Waals surface area contributed by atoms with Crippen LogP contribution in [-0.2, 0) is 0 Å². The highest BCUT2D eigenvalue weighted by atomic mass is 32.2. The second kappa shape index (κ2) is 3.38. The van der Waals surface area contributed by atoms with Gasteiger partial charge in [0.2, 0.25) is 0 Å². The fourth-order valence-electron chi connectivity index (χ4n) is 1.38. The van der Waals surface area contributed by atoms with Gasteiger partial charge in [0.25, 0.3) is 0 Å². The number of hydrogen-bond acceptors (Lipinski definition) is 3. The average molecular weight is 196 g/mol. The van der Waals surface area contributed by atoms with Crippen LogP contribution in [0.4, 0.5) is 4.39 Å². The molecule has 0 saturated heterocycles.